The van der Waals surface area contributed by atoms with Gasteiger partial charge < -0.3 is 5.32 Å². The fourth-order valence-corrected chi connectivity index (χ4v) is 2.52. The number of nitriles is 1. The van der Waals surface area contributed by atoms with E-state index in [2.05, 4.69) is 21.4 Å². The molecule has 18 heavy (non-hydrogen) atoms. The van der Waals surface area contributed by atoms with Crippen LogP contribution in [0, 0.1) is 18.3 Å². The van der Waals surface area contributed by atoms with Crippen molar-refractivity contribution in [2.75, 3.05) is 12.8 Å². The van der Waals surface area contributed by atoms with Gasteiger partial charge in [0.2, 0.25) is 0 Å². The number of rotatable bonds is 7. The van der Waals surface area contributed by atoms with E-state index in [-0.39, 0.29) is 5.54 Å². The summed E-state index contributed by atoms with van der Waals surface area (Å²) < 4.78 is 0. The Bertz CT molecular complexity index is 410. The van der Waals surface area contributed by atoms with E-state index in [9.17, 15) is 5.26 Å². The van der Waals surface area contributed by atoms with Crippen LogP contribution in [0.3, 0.4) is 0 Å². The molecule has 1 aromatic rings. The summed E-state index contributed by atoms with van der Waals surface area (Å²) in [6, 6.07) is 4.26. The maximum atomic E-state index is 9.19. The van der Waals surface area contributed by atoms with Crippen molar-refractivity contribution in [1.82, 2.24) is 15.3 Å². The SMILES string of the molecule is CCC(C#N)(CCCSc1nccc(C)n1)NC. The van der Waals surface area contributed by atoms with Crippen LogP contribution in [0.15, 0.2) is 17.4 Å². The van der Waals surface area contributed by atoms with Crippen LogP contribution in [0.2, 0.25) is 0 Å². The van der Waals surface area contributed by atoms with Gasteiger partial charge in [0.25, 0.3) is 0 Å². The van der Waals surface area contributed by atoms with E-state index in [1.807, 2.05) is 27.0 Å². The van der Waals surface area contributed by atoms with Crippen LogP contribution >= 0.6 is 11.8 Å². The standard InChI is InChI=1S/C13H20N4S/c1-4-13(10-14,15-3)7-5-9-18-12-16-8-6-11(2)17-12/h6,8,15H,4-5,7,9H2,1-3H3. The highest BCUT2D eigenvalue weighted by molar-refractivity contribution is 7.99. The van der Waals surface area contributed by atoms with Crippen LogP contribution in [0.5, 0.6) is 0 Å². The zero-order valence-corrected chi connectivity index (χ0v) is 12.0. The van der Waals surface area contributed by atoms with Gasteiger partial charge in [0.05, 0.1) is 6.07 Å². The molecule has 0 aliphatic carbocycles. The minimum Gasteiger partial charge on any atom is -0.302 e. The molecule has 0 saturated heterocycles. The lowest BCUT2D eigenvalue weighted by molar-refractivity contribution is 0.400. The third-order valence-corrected chi connectivity index (χ3v) is 4.00. The molecule has 0 aromatic carbocycles. The number of hydrogen-bond acceptors (Lipinski definition) is 5. The summed E-state index contributed by atoms with van der Waals surface area (Å²) in [5.74, 6) is 0.939. The zero-order valence-electron chi connectivity index (χ0n) is 11.2. The Morgan fingerprint density at radius 3 is 2.89 bits per heavy atom. The van der Waals surface area contributed by atoms with Crippen LogP contribution in [-0.4, -0.2) is 28.3 Å². The lowest BCUT2D eigenvalue weighted by Crippen LogP contribution is -2.40. The van der Waals surface area contributed by atoms with Gasteiger partial charge in [-0.3, -0.25) is 0 Å². The highest BCUT2D eigenvalue weighted by atomic mass is 32.2. The molecule has 0 aliphatic heterocycles. The summed E-state index contributed by atoms with van der Waals surface area (Å²) in [7, 11) is 1.85. The van der Waals surface area contributed by atoms with Gasteiger partial charge in [-0.1, -0.05) is 18.7 Å². The number of nitrogens with zero attached hydrogens (tertiary/aromatic N) is 3. The topological polar surface area (TPSA) is 61.6 Å². The van der Waals surface area contributed by atoms with Gasteiger partial charge in [0.15, 0.2) is 5.16 Å². The molecule has 0 saturated carbocycles. The monoisotopic (exact) mass is 264 g/mol. The molecular formula is C13H20N4S. The Morgan fingerprint density at radius 2 is 2.33 bits per heavy atom. The lowest BCUT2D eigenvalue weighted by atomic mass is 9.93. The van der Waals surface area contributed by atoms with Crippen LogP contribution in [-0.2, 0) is 0 Å². The Morgan fingerprint density at radius 1 is 1.56 bits per heavy atom. The van der Waals surface area contributed by atoms with Gasteiger partial charge in [0, 0.05) is 17.6 Å². The average molecular weight is 264 g/mol. The summed E-state index contributed by atoms with van der Waals surface area (Å²) in [6.07, 6.45) is 4.44. The first-order valence-corrected chi connectivity index (χ1v) is 7.17. The Hall–Kier alpha value is -1.12. The average Bonchev–Trinajstić information content (AvgIpc) is 2.40. The van der Waals surface area contributed by atoms with Crippen molar-refractivity contribution in [3.63, 3.8) is 0 Å². The maximum absolute atomic E-state index is 9.19. The third-order valence-electron chi connectivity index (χ3n) is 3.05. The molecule has 1 rings (SSSR count). The van der Waals surface area contributed by atoms with Crippen molar-refractivity contribution < 1.29 is 0 Å². The highest BCUT2D eigenvalue weighted by Gasteiger charge is 2.24. The number of hydrogen-bond donors (Lipinski definition) is 1. The molecule has 0 aliphatic rings. The van der Waals surface area contributed by atoms with E-state index in [0.717, 1.165) is 35.9 Å². The van der Waals surface area contributed by atoms with Gasteiger partial charge in [-0.2, -0.15) is 5.26 Å². The summed E-state index contributed by atoms with van der Waals surface area (Å²) in [5.41, 5.74) is 0.608. The van der Waals surface area contributed by atoms with Crippen molar-refractivity contribution in [3.05, 3.63) is 18.0 Å². The molecular weight excluding hydrogens is 244 g/mol. The van der Waals surface area contributed by atoms with E-state index in [1.165, 1.54) is 0 Å². The first kappa shape index (κ1) is 14.9. The number of aryl methyl sites for hydroxylation is 1. The molecule has 0 fully saturated rings. The largest absolute Gasteiger partial charge is 0.302 e. The fourth-order valence-electron chi connectivity index (χ4n) is 1.70. The number of nitrogens with one attached hydrogen (secondary N) is 1. The molecule has 0 bridgehead atoms. The zero-order chi connectivity index (χ0) is 13.4. The predicted molar refractivity (Wildman–Crippen MR) is 74.4 cm³/mol. The normalized spacial score (nSPS) is 13.9. The van der Waals surface area contributed by atoms with Gasteiger partial charge in [-0.25, -0.2) is 9.97 Å². The quantitative estimate of drug-likeness (QED) is 0.466. The van der Waals surface area contributed by atoms with Crippen molar-refractivity contribution >= 4 is 11.8 Å². The summed E-state index contributed by atoms with van der Waals surface area (Å²) in [6.45, 7) is 4.00. The van der Waals surface area contributed by atoms with Gasteiger partial charge in [-0.05, 0) is 39.3 Å². The Labute approximate surface area is 113 Å². The molecule has 5 heteroatoms. The summed E-state index contributed by atoms with van der Waals surface area (Å²) in [5, 5.41) is 13.1. The van der Waals surface area contributed by atoms with Crippen molar-refractivity contribution in [2.24, 2.45) is 0 Å². The molecule has 1 unspecified atom stereocenters. The minimum absolute atomic E-state index is 0.381. The van der Waals surface area contributed by atoms with Gasteiger partial charge in [-0.15, -0.1) is 0 Å². The molecule has 4 nitrogen and oxygen atoms in total. The van der Waals surface area contributed by atoms with Gasteiger partial charge >= 0.3 is 0 Å². The van der Waals surface area contributed by atoms with E-state index >= 15 is 0 Å². The fraction of sp³-hybridized carbons (Fsp3) is 0.615. The summed E-state index contributed by atoms with van der Waals surface area (Å²) in [4.78, 5) is 8.54. The van der Waals surface area contributed by atoms with Crippen molar-refractivity contribution in [2.45, 2.75) is 43.8 Å². The first-order chi connectivity index (χ1) is 8.65. The Kier molecular flexibility index (Phi) is 6.10. The van der Waals surface area contributed by atoms with E-state index in [0.29, 0.717) is 0 Å². The molecule has 0 radical (unpaired) electrons. The second-order valence-corrected chi connectivity index (χ2v) is 5.29. The summed E-state index contributed by atoms with van der Waals surface area (Å²) >= 11 is 1.65. The van der Waals surface area contributed by atoms with Gasteiger partial charge in [0.1, 0.15) is 5.54 Å². The van der Waals surface area contributed by atoms with Crippen molar-refractivity contribution in [3.8, 4) is 6.07 Å². The molecule has 1 aromatic heterocycles. The second-order valence-electron chi connectivity index (χ2n) is 4.23. The first-order valence-electron chi connectivity index (χ1n) is 6.18. The smallest absolute Gasteiger partial charge is 0.187 e. The van der Waals surface area contributed by atoms with Crippen LogP contribution in [0.1, 0.15) is 31.9 Å². The molecule has 1 N–H and O–H groups in total. The maximum Gasteiger partial charge on any atom is 0.187 e. The Balaban J connectivity index is 2.37. The lowest BCUT2D eigenvalue weighted by Gasteiger charge is -2.24. The van der Waals surface area contributed by atoms with E-state index in [4.69, 9.17) is 0 Å². The van der Waals surface area contributed by atoms with Crippen LogP contribution < -0.4 is 5.32 Å². The van der Waals surface area contributed by atoms with Crippen LogP contribution in [0.25, 0.3) is 0 Å². The molecule has 1 heterocycles. The van der Waals surface area contributed by atoms with Crippen molar-refractivity contribution in [1.29, 1.82) is 5.26 Å². The molecule has 1 atom stereocenters. The second kappa shape index (κ2) is 7.34. The van der Waals surface area contributed by atoms with E-state index in [1.54, 1.807) is 18.0 Å². The molecule has 98 valence electrons. The third kappa shape index (κ3) is 4.28. The van der Waals surface area contributed by atoms with Crippen LogP contribution in [0.4, 0.5) is 0 Å². The number of thioether (sulfide) groups is 1. The minimum atomic E-state index is -0.381. The molecule has 0 amide bonds. The van der Waals surface area contributed by atoms with E-state index < -0.39 is 0 Å². The number of aromatic nitrogens is 2. The predicted octanol–water partition coefficient (Wildman–Crippen LogP) is 2.55. The highest BCUT2D eigenvalue weighted by Crippen LogP contribution is 2.20. The molecule has 0 spiro atoms.